The first-order valence-electron chi connectivity index (χ1n) is 10.8. The van der Waals surface area contributed by atoms with Gasteiger partial charge in [0.2, 0.25) is 0 Å². The molecule has 0 amide bonds. The topological polar surface area (TPSA) is 93.1 Å². The monoisotopic (exact) mass is 402 g/mol. The second kappa shape index (κ2) is 8.34. The van der Waals surface area contributed by atoms with E-state index >= 15 is 0 Å². The number of benzene rings is 1. The van der Waals surface area contributed by atoms with Crippen molar-refractivity contribution in [2.24, 2.45) is 23.7 Å². The van der Waals surface area contributed by atoms with Crippen LogP contribution in [0, 0.1) is 23.7 Å². The number of carboxylic acids is 1. The van der Waals surface area contributed by atoms with Gasteiger partial charge in [0.25, 0.3) is 0 Å². The number of aliphatic hydroxyl groups excluding tert-OH is 1. The second-order valence-corrected chi connectivity index (χ2v) is 8.97. The number of hydrogen-bond donors (Lipinski definition) is 2. The molecule has 2 N–H and O–H groups in total. The molecule has 0 radical (unpaired) electrons. The second-order valence-electron chi connectivity index (χ2n) is 8.97. The van der Waals surface area contributed by atoms with Gasteiger partial charge in [0.1, 0.15) is 5.75 Å². The molecular weight excluding hydrogens is 372 g/mol. The Labute approximate surface area is 171 Å². The molecule has 0 saturated heterocycles. The highest BCUT2D eigenvalue weighted by molar-refractivity contribution is 5.75. The van der Waals surface area contributed by atoms with Crippen molar-refractivity contribution in [1.82, 2.24) is 0 Å². The van der Waals surface area contributed by atoms with Gasteiger partial charge in [-0.1, -0.05) is 12.1 Å². The van der Waals surface area contributed by atoms with E-state index in [1.807, 2.05) is 19.1 Å². The number of carbonyl (C=O) groups excluding carboxylic acids is 1. The lowest BCUT2D eigenvalue weighted by Crippen LogP contribution is -2.28. The predicted octanol–water partition coefficient (Wildman–Crippen LogP) is 2.98. The Morgan fingerprint density at radius 2 is 2.03 bits per heavy atom. The zero-order valence-electron chi connectivity index (χ0n) is 16.9. The van der Waals surface area contributed by atoms with Gasteiger partial charge in [-0.3, -0.25) is 4.79 Å². The fourth-order valence-electron chi connectivity index (χ4n) is 5.18. The number of hydrogen-bond acceptors (Lipinski definition) is 5. The predicted molar refractivity (Wildman–Crippen MR) is 106 cm³/mol. The molecule has 6 nitrogen and oxygen atoms in total. The Hall–Kier alpha value is -2.08. The minimum Gasteiger partial charge on any atom is -0.482 e. The Balaban J connectivity index is 1.39. The number of fused-ring (bicyclic) bond motifs is 2. The van der Waals surface area contributed by atoms with Crippen LogP contribution in [0.2, 0.25) is 0 Å². The van der Waals surface area contributed by atoms with Crippen LogP contribution in [0.3, 0.4) is 0 Å². The molecule has 0 aliphatic heterocycles. The van der Waals surface area contributed by atoms with Crippen LogP contribution in [0.25, 0.3) is 0 Å². The van der Waals surface area contributed by atoms with E-state index in [2.05, 4.69) is 6.07 Å². The Morgan fingerprint density at radius 1 is 1.24 bits per heavy atom. The largest absolute Gasteiger partial charge is 0.482 e. The first-order chi connectivity index (χ1) is 13.9. The lowest BCUT2D eigenvalue weighted by atomic mass is 9.73. The highest BCUT2D eigenvalue weighted by Gasteiger charge is 2.45. The minimum atomic E-state index is -0.982. The zero-order valence-corrected chi connectivity index (χ0v) is 16.9. The molecule has 4 rings (SSSR count). The van der Waals surface area contributed by atoms with Crippen LogP contribution in [0.5, 0.6) is 5.75 Å². The number of rotatable bonds is 8. The summed E-state index contributed by atoms with van der Waals surface area (Å²) in [6.07, 6.45) is 5.54. The third-order valence-corrected chi connectivity index (χ3v) is 6.83. The average Bonchev–Trinajstić information content (AvgIpc) is 3.47. The fraction of sp³-hybridized carbons (Fsp3) is 0.652. The fourth-order valence-corrected chi connectivity index (χ4v) is 5.18. The highest BCUT2D eigenvalue weighted by Crippen LogP contribution is 2.48. The van der Waals surface area contributed by atoms with Crippen LogP contribution in [-0.4, -0.2) is 41.0 Å². The van der Waals surface area contributed by atoms with Crippen LogP contribution in [-0.2, 0) is 27.2 Å². The number of carboxylic acid groups (broad SMARTS) is 1. The van der Waals surface area contributed by atoms with Gasteiger partial charge in [0, 0.05) is 0 Å². The molecule has 2 fully saturated rings. The van der Waals surface area contributed by atoms with Gasteiger partial charge in [-0.2, -0.15) is 0 Å². The van der Waals surface area contributed by atoms with Gasteiger partial charge in [-0.25, -0.2) is 4.79 Å². The maximum Gasteiger partial charge on any atom is 0.341 e. The van der Waals surface area contributed by atoms with Crippen molar-refractivity contribution >= 4 is 11.9 Å². The number of ether oxygens (including phenoxy) is 2. The van der Waals surface area contributed by atoms with E-state index in [1.54, 1.807) is 0 Å². The van der Waals surface area contributed by atoms with Crippen molar-refractivity contribution in [3.05, 3.63) is 29.3 Å². The SMILES string of the molecule is C[C@@H](CC[C@@H]1[C@H]2Cc3cccc(OCC(=O)O)c3C[C@H]2C[C@H]1O)OC(=O)C1CC1. The third-order valence-electron chi connectivity index (χ3n) is 6.83. The smallest absolute Gasteiger partial charge is 0.341 e. The molecule has 2 saturated carbocycles. The van der Waals surface area contributed by atoms with Crippen LogP contribution in [0.15, 0.2) is 18.2 Å². The number of esters is 1. The van der Waals surface area contributed by atoms with Crippen LogP contribution in [0.1, 0.15) is 50.2 Å². The first kappa shape index (κ1) is 20.2. The highest BCUT2D eigenvalue weighted by atomic mass is 16.5. The summed E-state index contributed by atoms with van der Waals surface area (Å²) in [5, 5.41) is 19.6. The average molecular weight is 402 g/mol. The maximum atomic E-state index is 11.8. The molecule has 3 aliphatic carbocycles. The van der Waals surface area contributed by atoms with E-state index in [4.69, 9.17) is 14.6 Å². The van der Waals surface area contributed by atoms with Crippen molar-refractivity contribution in [2.75, 3.05) is 6.61 Å². The summed E-state index contributed by atoms with van der Waals surface area (Å²) in [6.45, 7) is 1.61. The summed E-state index contributed by atoms with van der Waals surface area (Å²) in [4.78, 5) is 22.7. The molecule has 6 heteroatoms. The lowest BCUT2D eigenvalue weighted by molar-refractivity contribution is -0.150. The van der Waals surface area contributed by atoms with Gasteiger partial charge in [-0.15, -0.1) is 0 Å². The molecule has 0 heterocycles. The van der Waals surface area contributed by atoms with E-state index in [9.17, 15) is 14.7 Å². The van der Waals surface area contributed by atoms with Crippen LogP contribution in [0.4, 0.5) is 0 Å². The summed E-state index contributed by atoms with van der Waals surface area (Å²) < 4.78 is 11.0. The van der Waals surface area contributed by atoms with Crippen molar-refractivity contribution in [2.45, 2.75) is 64.1 Å². The van der Waals surface area contributed by atoms with Crippen LogP contribution < -0.4 is 4.74 Å². The molecule has 0 spiro atoms. The molecule has 158 valence electrons. The molecule has 0 aromatic heterocycles. The van der Waals surface area contributed by atoms with Gasteiger partial charge >= 0.3 is 11.9 Å². The van der Waals surface area contributed by atoms with Gasteiger partial charge < -0.3 is 19.7 Å². The summed E-state index contributed by atoms with van der Waals surface area (Å²) in [5.74, 6) is 0.707. The Bertz CT molecular complexity index is 771. The van der Waals surface area contributed by atoms with E-state index in [0.29, 0.717) is 17.6 Å². The van der Waals surface area contributed by atoms with Crippen molar-refractivity contribution < 1.29 is 29.3 Å². The van der Waals surface area contributed by atoms with E-state index in [-0.39, 0.29) is 36.6 Å². The Morgan fingerprint density at radius 3 is 2.76 bits per heavy atom. The molecule has 29 heavy (non-hydrogen) atoms. The molecular formula is C23H30O6. The van der Waals surface area contributed by atoms with E-state index in [0.717, 1.165) is 50.5 Å². The van der Waals surface area contributed by atoms with Crippen molar-refractivity contribution in [3.63, 3.8) is 0 Å². The quantitative estimate of drug-likeness (QED) is 0.650. The van der Waals surface area contributed by atoms with Crippen molar-refractivity contribution in [1.29, 1.82) is 0 Å². The molecule has 1 aromatic rings. The van der Waals surface area contributed by atoms with E-state index in [1.165, 1.54) is 5.56 Å². The van der Waals surface area contributed by atoms with Gasteiger partial charge in [0.05, 0.1) is 18.1 Å². The molecule has 5 atom stereocenters. The van der Waals surface area contributed by atoms with Crippen molar-refractivity contribution in [3.8, 4) is 5.75 Å². The minimum absolute atomic E-state index is 0.0668. The third kappa shape index (κ3) is 4.58. The molecule has 0 bridgehead atoms. The summed E-state index contributed by atoms with van der Waals surface area (Å²) >= 11 is 0. The standard InChI is InChI=1S/C23H30O6/c1-13(29-23(27)14-6-7-14)5-8-17-18-9-15-3-2-4-21(28-12-22(25)26)19(15)10-16(18)11-20(17)24/h2-4,13-14,16-18,20,24H,5-12H2,1H3,(H,25,26)/t13-,16-,17+,18-,20+/m0/s1. The zero-order chi connectivity index (χ0) is 20.5. The normalized spacial score (nSPS) is 28.9. The Kier molecular flexibility index (Phi) is 5.81. The first-order valence-corrected chi connectivity index (χ1v) is 10.8. The summed E-state index contributed by atoms with van der Waals surface area (Å²) in [7, 11) is 0. The summed E-state index contributed by atoms with van der Waals surface area (Å²) in [5.41, 5.74) is 2.29. The number of carbonyl (C=O) groups is 2. The summed E-state index contributed by atoms with van der Waals surface area (Å²) in [6, 6.07) is 5.83. The van der Waals surface area contributed by atoms with Crippen LogP contribution >= 0.6 is 0 Å². The number of aliphatic carboxylic acids is 1. The van der Waals surface area contributed by atoms with E-state index < -0.39 is 5.97 Å². The molecule has 3 aliphatic rings. The molecule has 1 aromatic carbocycles. The van der Waals surface area contributed by atoms with Gasteiger partial charge in [0.15, 0.2) is 6.61 Å². The molecule has 0 unspecified atom stereocenters. The number of aliphatic hydroxyl groups is 1. The lowest BCUT2D eigenvalue weighted by Gasteiger charge is -2.32. The maximum absolute atomic E-state index is 11.8. The van der Waals surface area contributed by atoms with Gasteiger partial charge in [-0.05, 0) is 86.8 Å².